The van der Waals surface area contributed by atoms with Gasteiger partial charge in [-0.1, -0.05) is 23.7 Å². The van der Waals surface area contributed by atoms with Gasteiger partial charge in [0, 0.05) is 43.3 Å². The number of rotatable bonds is 4. The van der Waals surface area contributed by atoms with Crippen LogP contribution in [0.4, 0.5) is 0 Å². The summed E-state index contributed by atoms with van der Waals surface area (Å²) in [5.41, 5.74) is 2.41. The van der Waals surface area contributed by atoms with Crippen molar-refractivity contribution in [2.24, 2.45) is 0 Å². The number of pyridine rings is 1. The van der Waals surface area contributed by atoms with E-state index in [0.29, 0.717) is 10.5 Å². The van der Waals surface area contributed by atoms with E-state index in [9.17, 15) is 5.11 Å². The van der Waals surface area contributed by atoms with Crippen molar-refractivity contribution in [2.45, 2.75) is 6.04 Å². The minimum absolute atomic E-state index is 0.108. The molecule has 1 aliphatic rings. The first-order valence-corrected chi connectivity index (χ1v) is 9.79. The second-order valence-electron chi connectivity index (χ2n) is 7.21. The van der Waals surface area contributed by atoms with Crippen molar-refractivity contribution in [1.82, 2.24) is 14.8 Å². The van der Waals surface area contributed by atoms with Gasteiger partial charge in [0.2, 0.25) is 0 Å². The molecule has 1 saturated heterocycles. The minimum Gasteiger partial charge on any atom is -0.505 e. The van der Waals surface area contributed by atoms with E-state index in [2.05, 4.69) is 34.0 Å². The Morgan fingerprint density at radius 2 is 1.82 bits per heavy atom. The molecule has 146 valence electrons. The summed E-state index contributed by atoms with van der Waals surface area (Å²) in [7, 11) is 3.79. The number of hydrogen-bond donors (Lipinski definition) is 1. The highest BCUT2D eigenvalue weighted by Crippen LogP contribution is 2.41. The molecule has 1 N–H and O–H groups in total. The number of ether oxygens (including phenoxy) is 1. The van der Waals surface area contributed by atoms with Gasteiger partial charge >= 0.3 is 0 Å². The second kappa shape index (κ2) is 7.95. The molecular weight excluding hydrogens is 374 g/mol. The van der Waals surface area contributed by atoms with E-state index in [1.54, 1.807) is 13.3 Å². The van der Waals surface area contributed by atoms with Crippen molar-refractivity contribution in [1.29, 1.82) is 0 Å². The third-order valence-electron chi connectivity index (χ3n) is 5.47. The summed E-state index contributed by atoms with van der Waals surface area (Å²) >= 11 is 6.58. The van der Waals surface area contributed by atoms with Gasteiger partial charge in [-0.15, -0.1) is 0 Å². The molecular formula is C22H24ClN3O2. The van der Waals surface area contributed by atoms with Gasteiger partial charge in [0.1, 0.15) is 17.0 Å². The molecule has 2 aromatic carbocycles. The molecule has 5 nitrogen and oxygen atoms in total. The van der Waals surface area contributed by atoms with Crippen molar-refractivity contribution in [3.63, 3.8) is 0 Å². The van der Waals surface area contributed by atoms with Crippen LogP contribution in [0.5, 0.6) is 11.5 Å². The van der Waals surface area contributed by atoms with Crippen molar-refractivity contribution in [3.8, 4) is 11.5 Å². The lowest BCUT2D eigenvalue weighted by molar-refractivity contribution is 0.126. The first-order valence-electron chi connectivity index (χ1n) is 9.41. The Kier molecular flexibility index (Phi) is 5.40. The van der Waals surface area contributed by atoms with E-state index in [1.165, 1.54) is 0 Å². The number of halogens is 1. The van der Waals surface area contributed by atoms with E-state index in [1.807, 2.05) is 30.3 Å². The van der Waals surface area contributed by atoms with Crippen LogP contribution in [0.2, 0.25) is 5.02 Å². The number of aromatic hydroxyl groups is 1. The van der Waals surface area contributed by atoms with Crippen molar-refractivity contribution in [2.75, 3.05) is 40.3 Å². The monoisotopic (exact) mass is 397 g/mol. The number of piperazine rings is 1. The van der Waals surface area contributed by atoms with Crippen molar-refractivity contribution < 1.29 is 9.84 Å². The molecule has 6 heteroatoms. The molecule has 0 bridgehead atoms. The predicted octanol–water partition coefficient (Wildman–Crippen LogP) is 3.94. The first kappa shape index (κ1) is 19.0. The van der Waals surface area contributed by atoms with Crippen LogP contribution in [0.3, 0.4) is 0 Å². The highest BCUT2D eigenvalue weighted by atomic mass is 35.5. The molecule has 1 fully saturated rings. The summed E-state index contributed by atoms with van der Waals surface area (Å²) in [6, 6.07) is 13.5. The second-order valence-corrected chi connectivity index (χ2v) is 7.62. The summed E-state index contributed by atoms with van der Waals surface area (Å²) in [4.78, 5) is 9.09. The lowest BCUT2D eigenvalue weighted by atomic mass is 9.94. The van der Waals surface area contributed by atoms with Crippen LogP contribution in [0.1, 0.15) is 17.2 Å². The van der Waals surface area contributed by atoms with Gasteiger partial charge in [-0.3, -0.25) is 9.88 Å². The van der Waals surface area contributed by atoms with E-state index in [4.69, 9.17) is 16.3 Å². The smallest absolute Gasteiger partial charge is 0.147 e. The van der Waals surface area contributed by atoms with Crippen LogP contribution in [-0.4, -0.2) is 60.2 Å². The SMILES string of the molecule is COc1ccc([C@H](c2cc(Cl)c3cccnc3c2O)N2CCN(C)CC2)cc1. The predicted molar refractivity (Wildman–Crippen MR) is 112 cm³/mol. The van der Waals surface area contributed by atoms with Crippen LogP contribution in [-0.2, 0) is 0 Å². The average Bonchev–Trinajstić information content (AvgIpc) is 2.73. The molecule has 0 saturated carbocycles. The zero-order valence-corrected chi connectivity index (χ0v) is 16.9. The highest BCUT2D eigenvalue weighted by Gasteiger charge is 2.29. The van der Waals surface area contributed by atoms with Gasteiger partial charge in [0.15, 0.2) is 0 Å². The summed E-state index contributed by atoms with van der Waals surface area (Å²) in [5, 5.41) is 12.5. The maximum Gasteiger partial charge on any atom is 0.147 e. The van der Waals surface area contributed by atoms with Gasteiger partial charge in [-0.25, -0.2) is 0 Å². The number of benzene rings is 2. The fourth-order valence-corrected chi connectivity index (χ4v) is 4.14. The topological polar surface area (TPSA) is 48.8 Å². The number of fused-ring (bicyclic) bond motifs is 1. The number of hydrogen-bond acceptors (Lipinski definition) is 5. The van der Waals surface area contributed by atoms with Crippen molar-refractivity contribution >= 4 is 22.5 Å². The van der Waals surface area contributed by atoms with Gasteiger partial charge in [-0.2, -0.15) is 0 Å². The standard InChI is InChI=1S/C22H24ClN3O2/c1-25-10-12-26(13-11-25)21(15-5-7-16(28-2)8-6-15)18-14-19(23)17-4-3-9-24-20(17)22(18)27/h3-9,14,21,27H,10-13H2,1-2H3/t21-/m1/s1. The summed E-state index contributed by atoms with van der Waals surface area (Å²) in [6.45, 7) is 3.77. The molecule has 1 atom stereocenters. The van der Waals surface area contributed by atoms with E-state index in [0.717, 1.165) is 48.4 Å². The largest absolute Gasteiger partial charge is 0.505 e. The van der Waals surface area contributed by atoms with Crippen LogP contribution in [0.15, 0.2) is 48.7 Å². The lowest BCUT2D eigenvalue weighted by Crippen LogP contribution is -2.46. The molecule has 28 heavy (non-hydrogen) atoms. The molecule has 4 rings (SSSR count). The van der Waals surface area contributed by atoms with E-state index in [-0.39, 0.29) is 11.8 Å². The quantitative estimate of drug-likeness (QED) is 0.722. The molecule has 0 spiro atoms. The first-order chi connectivity index (χ1) is 13.6. The van der Waals surface area contributed by atoms with E-state index >= 15 is 0 Å². The molecule has 1 aliphatic heterocycles. The summed E-state index contributed by atoms with van der Waals surface area (Å²) < 4.78 is 5.31. The van der Waals surface area contributed by atoms with Gasteiger partial charge in [0.25, 0.3) is 0 Å². The van der Waals surface area contributed by atoms with Gasteiger partial charge in [-0.05, 0) is 42.9 Å². The molecule has 0 amide bonds. The number of methoxy groups -OCH3 is 1. The highest BCUT2D eigenvalue weighted by molar-refractivity contribution is 6.35. The number of phenols is 1. The third-order valence-corrected chi connectivity index (χ3v) is 5.79. The van der Waals surface area contributed by atoms with Crippen LogP contribution in [0, 0.1) is 0 Å². The molecule has 3 aromatic rings. The molecule has 2 heterocycles. The minimum atomic E-state index is -0.108. The summed E-state index contributed by atoms with van der Waals surface area (Å²) in [5.74, 6) is 1.00. The van der Waals surface area contributed by atoms with Gasteiger partial charge in [0.05, 0.1) is 18.2 Å². The molecule has 0 unspecified atom stereocenters. The Bertz CT molecular complexity index is 969. The number of aromatic nitrogens is 1. The van der Waals surface area contributed by atoms with E-state index < -0.39 is 0 Å². The fraction of sp³-hybridized carbons (Fsp3) is 0.318. The maximum atomic E-state index is 11.1. The molecule has 0 radical (unpaired) electrons. The Morgan fingerprint density at radius 3 is 2.50 bits per heavy atom. The zero-order valence-electron chi connectivity index (χ0n) is 16.1. The van der Waals surface area contributed by atoms with Crippen LogP contribution in [0.25, 0.3) is 10.9 Å². The average molecular weight is 398 g/mol. The van der Waals surface area contributed by atoms with Crippen molar-refractivity contribution in [3.05, 3.63) is 64.8 Å². The Balaban J connectivity index is 1.85. The third kappa shape index (κ3) is 3.53. The number of nitrogens with zero attached hydrogens (tertiary/aromatic N) is 3. The van der Waals surface area contributed by atoms with Crippen LogP contribution < -0.4 is 4.74 Å². The Labute approximate surface area is 170 Å². The maximum absolute atomic E-state index is 11.1. The lowest BCUT2D eigenvalue weighted by Gasteiger charge is -2.38. The zero-order chi connectivity index (χ0) is 19.7. The Hall–Kier alpha value is -2.34. The normalized spacial score (nSPS) is 17.0. The molecule has 0 aliphatic carbocycles. The molecule has 1 aromatic heterocycles. The fourth-order valence-electron chi connectivity index (χ4n) is 3.87. The van der Waals surface area contributed by atoms with Gasteiger partial charge < -0.3 is 14.7 Å². The number of likely N-dealkylation sites (N-methyl/N-ethyl adjacent to an activating group) is 1. The number of phenolic OH excluding ortho intramolecular Hbond substituents is 1. The summed E-state index contributed by atoms with van der Waals surface area (Å²) in [6.07, 6.45) is 1.68. The van der Waals surface area contributed by atoms with Crippen LogP contribution >= 0.6 is 11.6 Å². The Morgan fingerprint density at radius 1 is 1.11 bits per heavy atom.